The van der Waals surface area contributed by atoms with Gasteiger partial charge in [-0.15, -0.1) is 0 Å². The van der Waals surface area contributed by atoms with Gasteiger partial charge in [-0.1, -0.05) is 26.7 Å². The van der Waals surface area contributed by atoms with Crippen molar-refractivity contribution < 1.29 is 4.79 Å². The molecule has 1 N–H and O–H groups in total. The molecule has 0 bridgehead atoms. The molecule has 1 aliphatic rings. The molecule has 106 valence electrons. The number of unbranched alkanes of at least 4 members (excludes halogenated alkanes) is 2. The van der Waals surface area contributed by atoms with Crippen molar-refractivity contribution in [2.75, 3.05) is 32.7 Å². The lowest BCUT2D eigenvalue weighted by atomic mass is 10.2. The topological polar surface area (TPSA) is 35.6 Å². The molecule has 1 fully saturated rings. The van der Waals surface area contributed by atoms with Crippen molar-refractivity contribution in [1.82, 2.24) is 15.1 Å². The molecule has 0 radical (unpaired) electrons. The number of urea groups is 1. The summed E-state index contributed by atoms with van der Waals surface area (Å²) in [5.41, 5.74) is 0. The Labute approximate surface area is 112 Å². The Bertz CT molecular complexity index is 237. The summed E-state index contributed by atoms with van der Waals surface area (Å²) in [5.74, 6) is 0. The molecule has 1 rings (SSSR count). The predicted molar refractivity (Wildman–Crippen MR) is 75.8 cm³/mol. The van der Waals surface area contributed by atoms with Gasteiger partial charge >= 0.3 is 6.03 Å². The van der Waals surface area contributed by atoms with Crippen LogP contribution in [0.1, 0.15) is 46.5 Å². The molecule has 18 heavy (non-hydrogen) atoms. The standard InChI is InChI=1S/C14H29N3O/c1-4-6-7-8-16-9-11-17(12-10-16)14(18)15-13(3)5-2/h13H,4-12H2,1-3H3,(H,15,18). The van der Waals surface area contributed by atoms with E-state index in [-0.39, 0.29) is 12.1 Å². The van der Waals surface area contributed by atoms with E-state index in [0.29, 0.717) is 0 Å². The van der Waals surface area contributed by atoms with E-state index in [1.165, 1.54) is 25.8 Å². The van der Waals surface area contributed by atoms with E-state index in [4.69, 9.17) is 0 Å². The zero-order valence-corrected chi connectivity index (χ0v) is 12.2. The fourth-order valence-corrected chi connectivity index (χ4v) is 2.16. The average molecular weight is 255 g/mol. The summed E-state index contributed by atoms with van der Waals surface area (Å²) in [6.45, 7) is 11.4. The quantitative estimate of drug-likeness (QED) is 0.739. The number of rotatable bonds is 6. The largest absolute Gasteiger partial charge is 0.336 e. The van der Waals surface area contributed by atoms with E-state index in [1.807, 2.05) is 4.90 Å². The highest BCUT2D eigenvalue weighted by Gasteiger charge is 2.21. The lowest BCUT2D eigenvalue weighted by Gasteiger charge is -2.35. The van der Waals surface area contributed by atoms with E-state index in [0.717, 1.165) is 32.6 Å². The smallest absolute Gasteiger partial charge is 0.317 e. The van der Waals surface area contributed by atoms with Crippen LogP contribution in [0.2, 0.25) is 0 Å². The van der Waals surface area contributed by atoms with Gasteiger partial charge in [-0.25, -0.2) is 4.79 Å². The minimum Gasteiger partial charge on any atom is -0.336 e. The van der Waals surface area contributed by atoms with Crippen LogP contribution in [0.3, 0.4) is 0 Å². The van der Waals surface area contributed by atoms with Crippen LogP contribution in [-0.4, -0.2) is 54.6 Å². The molecule has 1 saturated heterocycles. The molecular weight excluding hydrogens is 226 g/mol. The first-order valence-corrected chi connectivity index (χ1v) is 7.45. The Morgan fingerprint density at radius 2 is 1.83 bits per heavy atom. The first kappa shape index (κ1) is 15.3. The first-order valence-electron chi connectivity index (χ1n) is 7.45. The lowest BCUT2D eigenvalue weighted by molar-refractivity contribution is 0.136. The van der Waals surface area contributed by atoms with Gasteiger partial charge in [0.2, 0.25) is 0 Å². The van der Waals surface area contributed by atoms with E-state index in [2.05, 4.69) is 31.0 Å². The third-order valence-electron chi connectivity index (χ3n) is 3.72. The van der Waals surface area contributed by atoms with Gasteiger partial charge in [-0.3, -0.25) is 4.90 Å². The third kappa shape index (κ3) is 5.25. The fraction of sp³-hybridized carbons (Fsp3) is 0.929. The minimum atomic E-state index is 0.109. The van der Waals surface area contributed by atoms with Crippen LogP contribution in [0.15, 0.2) is 0 Å². The van der Waals surface area contributed by atoms with Crippen LogP contribution in [0.4, 0.5) is 4.79 Å². The summed E-state index contributed by atoms with van der Waals surface area (Å²) in [5, 5.41) is 3.03. The Morgan fingerprint density at radius 1 is 1.17 bits per heavy atom. The SMILES string of the molecule is CCCCCN1CCN(C(=O)NC(C)CC)CC1. The molecule has 0 aromatic heterocycles. The van der Waals surface area contributed by atoms with Crippen LogP contribution in [0.5, 0.6) is 0 Å². The zero-order valence-electron chi connectivity index (χ0n) is 12.2. The molecular formula is C14H29N3O. The number of carbonyl (C=O) groups is 1. The molecule has 0 spiro atoms. The number of amides is 2. The number of hydrogen-bond donors (Lipinski definition) is 1. The first-order chi connectivity index (χ1) is 8.67. The fourth-order valence-electron chi connectivity index (χ4n) is 2.16. The van der Waals surface area contributed by atoms with E-state index in [9.17, 15) is 4.79 Å². The van der Waals surface area contributed by atoms with Crippen LogP contribution >= 0.6 is 0 Å². The van der Waals surface area contributed by atoms with E-state index < -0.39 is 0 Å². The van der Waals surface area contributed by atoms with Gasteiger partial charge in [0.25, 0.3) is 0 Å². The number of nitrogens with zero attached hydrogens (tertiary/aromatic N) is 2. The number of nitrogens with one attached hydrogen (secondary N) is 1. The molecule has 0 saturated carbocycles. The van der Waals surface area contributed by atoms with Crippen LogP contribution in [-0.2, 0) is 0 Å². The van der Waals surface area contributed by atoms with Gasteiger partial charge in [0.15, 0.2) is 0 Å². The summed E-state index contributed by atoms with van der Waals surface area (Å²) in [7, 11) is 0. The number of hydrogen-bond acceptors (Lipinski definition) is 2. The Kier molecular flexibility index (Phi) is 7.09. The molecule has 1 unspecified atom stereocenters. The molecule has 2 amide bonds. The normalized spacial score (nSPS) is 18.7. The maximum absolute atomic E-state index is 11.9. The Hall–Kier alpha value is -0.770. The van der Waals surface area contributed by atoms with Crippen LogP contribution in [0, 0.1) is 0 Å². The second kappa shape index (κ2) is 8.35. The van der Waals surface area contributed by atoms with Gasteiger partial charge in [0.05, 0.1) is 0 Å². The highest BCUT2D eigenvalue weighted by Crippen LogP contribution is 2.05. The van der Waals surface area contributed by atoms with Crippen molar-refractivity contribution in [2.45, 2.75) is 52.5 Å². The van der Waals surface area contributed by atoms with Gasteiger partial charge in [0.1, 0.15) is 0 Å². The third-order valence-corrected chi connectivity index (χ3v) is 3.72. The van der Waals surface area contributed by atoms with Crippen molar-refractivity contribution in [3.63, 3.8) is 0 Å². The summed E-state index contributed by atoms with van der Waals surface area (Å²) in [4.78, 5) is 16.4. The second-order valence-electron chi connectivity index (χ2n) is 5.29. The van der Waals surface area contributed by atoms with Crippen LogP contribution in [0.25, 0.3) is 0 Å². The summed E-state index contributed by atoms with van der Waals surface area (Å²) >= 11 is 0. The maximum atomic E-state index is 11.9. The maximum Gasteiger partial charge on any atom is 0.317 e. The Morgan fingerprint density at radius 3 is 2.39 bits per heavy atom. The van der Waals surface area contributed by atoms with E-state index >= 15 is 0 Å². The van der Waals surface area contributed by atoms with Crippen LogP contribution < -0.4 is 5.32 Å². The lowest BCUT2D eigenvalue weighted by Crippen LogP contribution is -2.53. The molecule has 0 aliphatic carbocycles. The molecule has 1 heterocycles. The second-order valence-corrected chi connectivity index (χ2v) is 5.29. The summed E-state index contributed by atoms with van der Waals surface area (Å²) < 4.78 is 0. The molecule has 1 aliphatic heterocycles. The number of carbonyl (C=O) groups excluding carboxylic acids is 1. The average Bonchev–Trinajstić information content (AvgIpc) is 2.39. The molecule has 4 heteroatoms. The van der Waals surface area contributed by atoms with Crippen molar-refractivity contribution in [3.05, 3.63) is 0 Å². The van der Waals surface area contributed by atoms with Gasteiger partial charge in [-0.05, 0) is 26.3 Å². The van der Waals surface area contributed by atoms with Crippen molar-refractivity contribution in [1.29, 1.82) is 0 Å². The minimum absolute atomic E-state index is 0.109. The molecule has 0 aromatic rings. The van der Waals surface area contributed by atoms with Gasteiger partial charge in [0, 0.05) is 32.2 Å². The number of piperazine rings is 1. The van der Waals surface area contributed by atoms with Gasteiger partial charge < -0.3 is 10.2 Å². The highest BCUT2D eigenvalue weighted by molar-refractivity contribution is 5.74. The van der Waals surface area contributed by atoms with Gasteiger partial charge in [-0.2, -0.15) is 0 Å². The molecule has 0 aromatic carbocycles. The molecule has 1 atom stereocenters. The van der Waals surface area contributed by atoms with Crippen molar-refractivity contribution in [3.8, 4) is 0 Å². The zero-order chi connectivity index (χ0) is 13.4. The van der Waals surface area contributed by atoms with Crippen molar-refractivity contribution >= 4 is 6.03 Å². The highest BCUT2D eigenvalue weighted by atomic mass is 16.2. The predicted octanol–water partition coefficient (Wildman–Crippen LogP) is 2.30. The van der Waals surface area contributed by atoms with E-state index in [1.54, 1.807) is 0 Å². The summed E-state index contributed by atoms with van der Waals surface area (Å²) in [6, 6.07) is 0.387. The summed E-state index contributed by atoms with van der Waals surface area (Å²) in [6.07, 6.45) is 4.87. The molecule has 4 nitrogen and oxygen atoms in total. The monoisotopic (exact) mass is 255 g/mol. The van der Waals surface area contributed by atoms with Crippen molar-refractivity contribution in [2.24, 2.45) is 0 Å². The Balaban J connectivity index is 2.20.